The van der Waals surface area contributed by atoms with Gasteiger partial charge < -0.3 is 14.6 Å². The van der Waals surface area contributed by atoms with Crippen molar-refractivity contribution in [1.82, 2.24) is 0 Å². The second-order valence-corrected chi connectivity index (χ2v) is 3.59. The minimum atomic E-state index is -1.04. The predicted molar refractivity (Wildman–Crippen MR) is 66.5 cm³/mol. The maximum Gasteiger partial charge on any atom is 0.331 e. The van der Waals surface area contributed by atoms with Gasteiger partial charge in [-0.2, -0.15) is 0 Å². The first-order valence-electron chi connectivity index (χ1n) is 5.31. The van der Waals surface area contributed by atoms with Gasteiger partial charge in [-0.05, 0) is 25.1 Å². The first kappa shape index (κ1) is 14.5. The maximum absolute atomic E-state index is 10.8. The minimum Gasteiger partial charge on any atom is -0.490 e. The predicted octanol–water partition coefficient (Wildman–Crippen LogP) is 2.01. The number of carboxylic acid groups (broad SMARTS) is 1. The molecule has 7 nitrogen and oxygen atoms in total. The molecule has 0 saturated heterocycles. The van der Waals surface area contributed by atoms with Gasteiger partial charge in [-0.3, -0.25) is 10.1 Å². The highest BCUT2D eigenvalue weighted by Crippen LogP contribution is 2.30. The Balaban J connectivity index is 2.81. The van der Waals surface area contributed by atoms with Crippen molar-refractivity contribution in [3.8, 4) is 11.5 Å². The molecule has 0 atom stereocenters. The number of methoxy groups -OCH3 is 1. The molecule has 0 aliphatic carbocycles. The summed E-state index contributed by atoms with van der Waals surface area (Å²) in [4.78, 5) is 20.7. The molecule has 7 heteroatoms. The van der Waals surface area contributed by atoms with Crippen LogP contribution >= 0.6 is 0 Å². The molecule has 0 aliphatic rings. The van der Waals surface area contributed by atoms with Crippen LogP contribution in [0.1, 0.15) is 6.92 Å². The number of ether oxygens (including phenoxy) is 2. The molecule has 102 valence electrons. The van der Waals surface area contributed by atoms with Gasteiger partial charge in [-0.15, -0.1) is 0 Å². The highest BCUT2D eigenvalue weighted by molar-refractivity contribution is 5.85. The van der Waals surface area contributed by atoms with Crippen LogP contribution in [0.3, 0.4) is 0 Å². The van der Waals surface area contributed by atoms with Gasteiger partial charge >= 0.3 is 11.7 Å². The number of hydrogen-bond donors (Lipinski definition) is 1. The second-order valence-electron chi connectivity index (χ2n) is 3.59. The monoisotopic (exact) mass is 267 g/mol. The number of carbonyl (C=O) groups is 1. The van der Waals surface area contributed by atoms with Gasteiger partial charge in [-0.25, -0.2) is 4.79 Å². The van der Waals surface area contributed by atoms with Crippen molar-refractivity contribution in [2.24, 2.45) is 0 Å². The van der Waals surface area contributed by atoms with Crippen molar-refractivity contribution in [3.63, 3.8) is 0 Å². The van der Waals surface area contributed by atoms with E-state index in [2.05, 4.69) is 0 Å². The summed E-state index contributed by atoms with van der Waals surface area (Å²) >= 11 is 0. The summed E-state index contributed by atoms with van der Waals surface area (Å²) in [5.41, 5.74) is -0.0676. The maximum atomic E-state index is 10.8. The quantitative estimate of drug-likeness (QED) is 0.481. The minimum absolute atomic E-state index is 0.0155. The molecular weight excluding hydrogens is 254 g/mol. The lowest BCUT2D eigenvalue weighted by atomic mass is 10.2. The Hall–Kier alpha value is -2.57. The van der Waals surface area contributed by atoms with Gasteiger partial charge in [0.1, 0.15) is 12.4 Å². The molecule has 0 fully saturated rings. The molecule has 0 spiro atoms. The van der Waals surface area contributed by atoms with Crippen LogP contribution in [-0.2, 0) is 4.79 Å². The molecular formula is C12H13NO6. The smallest absolute Gasteiger partial charge is 0.331 e. The van der Waals surface area contributed by atoms with Crippen LogP contribution in [0.2, 0.25) is 0 Å². The standard InChI is InChI=1S/C12H13NO6/c1-8(12(14)15)5-6-19-9-3-4-11(18-2)10(7-9)13(16)17/h3-5,7H,6H2,1-2H3,(H,14,15)/b8-5-. The summed E-state index contributed by atoms with van der Waals surface area (Å²) in [6, 6.07) is 4.15. The first-order chi connectivity index (χ1) is 8.95. The van der Waals surface area contributed by atoms with E-state index >= 15 is 0 Å². The number of nitro groups is 1. The van der Waals surface area contributed by atoms with Crippen molar-refractivity contribution in [2.45, 2.75) is 6.92 Å². The van der Waals surface area contributed by atoms with Crippen LogP contribution < -0.4 is 9.47 Å². The molecule has 0 amide bonds. The van der Waals surface area contributed by atoms with Crippen LogP contribution in [0.15, 0.2) is 29.8 Å². The fourth-order valence-corrected chi connectivity index (χ4v) is 1.25. The summed E-state index contributed by atoms with van der Waals surface area (Å²) in [6.07, 6.45) is 1.37. The Morgan fingerprint density at radius 3 is 2.74 bits per heavy atom. The average Bonchev–Trinajstić information content (AvgIpc) is 2.38. The number of rotatable bonds is 6. The highest BCUT2D eigenvalue weighted by atomic mass is 16.6. The van der Waals surface area contributed by atoms with Crippen LogP contribution in [0.5, 0.6) is 11.5 Å². The summed E-state index contributed by atoms with van der Waals surface area (Å²) in [6.45, 7) is 1.45. The first-order valence-corrected chi connectivity index (χ1v) is 5.31. The topological polar surface area (TPSA) is 98.9 Å². The summed E-state index contributed by atoms with van der Waals surface area (Å²) < 4.78 is 10.1. The lowest BCUT2D eigenvalue weighted by molar-refractivity contribution is -0.385. The van der Waals surface area contributed by atoms with Crippen LogP contribution in [-0.4, -0.2) is 29.7 Å². The zero-order chi connectivity index (χ0) is 14.4. The van der Waals surface area contributed by atoms with Gasteiger partial charge in [-0.1, -0.05) is 0 Å². The summed E-state index contributed by atoms with van der Waals surface area (Å²) in [7, 11) is 1.34. The molecule has 19 heavy (non-hydrogen) atoms. The van der Waals surface area contributed by atoms with E-state index in [1.165, 1.54) is 38.3 Å². The Labute approximate surface area is 109 Å². The molecule has 0 heterocycles. The van der Waals surface area contributed by atoms with E-state index in [4.69, 9.17) is 14.6 Å². The fourth-order valence-electron chi connectivity index (χ4n) is 1.25. The third-order valence-corrected chi connectivity index (χ3v) is 2.32. The number of nitrogens with zero attached hydrogens (tertiary/aromatic N) is 1. The second kappa shape index (κ2) is 6.39. The Morgan fingerprint density at radius 2 is 2.21 bits per heavy atom. The van der Waals surface area contributed by atoms with Gasteiger partial charge in [0, 0.05) is 5.57 Å². The lowest BCUT2D eigenvalue weighted by Crippen LogP contribution is -2.01. The van der Waals surface area contributed by atoms with Gasteiger partial charge in [0.2, 0.25) is 0 Å². The Morgan fingerprint density at radius 1 is 1.53 bits per heavy atom. The van der Waals surface area contributed by atoms with E-state index in [0.29, 0.717) is 0 Å². The number of benzene rings is 1. The molecule has 0 unspecified atom stereocenters. The van der Waals surface area contributed by atoms with E-state index in [9.17, 15) is 14.9 Å². The normalized spacial score (nSPS) is 10.9. The molecule has 1 N–H and O–H groups in total. The zero-order valence-corrected chi connectivity index (χ0v) is 10.5. The number of aliphatic carboxylic acids is 1. The van der Waals surface area contributed by atoms with Crippen molar-refractivity contribution in [2.75, 3.05) is 13.7 Å². The van der Waals surface area contributed by atoms with Gasteiger partial charge in [0.05, 0.1) is 18.1 Å². The third kappa shape index (κ3) is 3.98. The summed E-state index contributed by atoms with van der Waals surface area (Å²) in [5, 5.41) is 19.4. The molecule has 1 rings (SSSR count). The summed E-state index contributed by atoms with van der Waals surface area (Å²) in [5.74, 6) is -0.638. The number of hydrogen-bond acceptors (Lipinski definition) is 5. The van der Waals surface area contributed by atoms with E-state index < -0.39 is 10.9 Å². The molecule has 1 aromatic rings. The Bertz CT molecular complexity index is 523. The largest absolute Gasteiger partial charge is 0.490 e. The van der Waals surface area contributed by atoms with E-state index in [1.54, 1.807) is 0 Å². The van der Waals surface area contributed by atoms with Gasteiger partial charge in [0.25, 0.3) is 0 Å². The van der Waals surface area contributed by atoms with Crippen LogP contribution in [0.4, 0.5) is 5.69 Å². The molecule has 1 aromatic carbocycles. The molecule has 0 saturated carbocycles. The molecule has 0 aromatic heterocycles. The molecule has 0 aliphatic heterocycles. The van der Waals surface area contributed by atoms with Crippen molar-refractivity contribution in [3.05, 3.63) is 40.0 Å². The van der Waals surface area contributed by atoms with E-state index in [0.717, 1.165) is 0 Å². The van der Waals surface area contributed by atoms with Crippen molar-refractivity contribution in [1.29, 1.82) is 0 Å². The van der Waals surface area contributed by atoms with E-state index in [1.807, 2.05) is 0 Å². The third-order valence-electron chi connectivity index (χ3n) is 2.32. The highest BCUT2D eigenvalue weighted by Gasteiger charge is 2.15. The zero-order valence-electron chi connectivity index (χ0n) is 10.5. The number of carboxylic acids is 1. The number of nitro benzene ring substituents is 1. The fraction of sp³-hybridized carbons (Fsp3) is 0.250. The Kier molecular flexibility index (Phi) is 4.87. The van der Waals surface area contributed by atoms with Crippen molar-refractivity contribution < 1.29 is 24.3 Å². The molecule has 0 bridgehead atoms. The van der Waals surface area contributed by atoms with Crippen LogP contribution in [0, 0.1) is 10.1 Å². The van der Waals surface area contributed by atoms with E-state index in [-0.39, 0.29) is 29.4 Å². The van der Waals surface area contributed by atoms with Crippen molar-refractivity contribution >= 4 is 11.7 Å². The average molecular weight is 267 g/mol. The van der Waals surface area contributed by atoms with Gasteiger partial charge in [0.15, 0.2) is 5.75 Å². The van der Waals surface area contributed by atoms with Crippen LogP contribution in [0.25, 0.3) is 0 Å². The lowest BCUT2D eigenvalue weighted by Gasteiger charge is -2.06. The molecule has 0 radical (unpaired) electrons. The SMILES string of the molecule is COc1ccc(OC/C=C(/C)C(=O)O)cc1[N+](=O)[O-].